The fourth-order valence-corrected chi connectivity index (χ4v) is 1.98. The van der Waals surface area contributed by atoms with Gasteiger partial charge in [0.2, 0.25) is 0 Å². The summed E-state index contributed by atoms with van der Waals surface area (Å²) in [6.07, 6.45) is 2.15. The van der Waals surface area contributed by atoms with Gasteiger partial charge in [-0.05, 0) is 13.3 Å². The van der Waals surface area contributed by atoms with E-state index in [-0.39, 0.29) is 6.03 Å². The fourth-order valence-electron chi connectivity index (χ4n) is 1.24. The van der Waals surface area contributed by atoms with Crippen LogP contribution in [-0.4, -0.2) is 28.6 Å². The molecule has 0 saturated heterocycles. The van der Waals surface area contributed by atoms with Gasteiger partial charge in [-0.3, -0.25) is 4.79 Å². The number of rotatable bonds is 6. The van der Waals surface area contributed by atoms with Crippen molar-refractivity contribution < 1.29 is 14.7 Å². The first-order chi connectivity index (χ1) is 8.49. The number of urea groups is 1. The number of hydrogen-bond donors (Lipinski definition) is 3. The lowest BCUT2D eigenvalue weighted by Crippen LogP contribution is -2.36. The first kappa shape index (κ1) is 14.4. The van der Waals surface area contributed by atoms with Crippen LogP contribution in [0.2, 0.25) is 0 Å². The Hall–Kier alpha value is -1.63. The molecule has 0 aliphatic rings. The van der Waals surface area contributed by atoms with Crippen molar-refractivity contribution in [3.8, 4) is 0 Å². The van der Waals surface area contributed by atoms with E-state index < -0.39 is 11.9 Å². The van der Waals surface area contributed by atoms with Gasteiger partial charge >= 0.3 is 12.0 Å². The third-order valence-electron chi connectivity index (χ3n) is 2.38. The van der Waals surface area contributed by atoms with Gasteiger partial charge in [0.1, 0.15) is 0 Å². The topological polar surface area (TPSA) is 91.3 Å². The number of carbonyl (C=O) groups is 2. The Kier molecular flexibility index (Phi) is 5.57. The maximum atomic E-state index is 11.4. The Morgan fingerprint density at radius 2 is 2.22 bits per heavy atom. The van der Waals surface area contributed by atoms with Gasteiger partial charge in [0.15, 0.2) is 0 Å². The largest absolute Gasteiger partial charge is 0.481 e. The molecule has 3 N–H and O–H groups in total. The molecule has 0 spiro atoms. The van der Waals surface area contributed by atoms with Crippen LogP contribution >= 0.6 is 11.3 Å². The summed E-state index contributed by atoms with van der Waals surface area (Å²) in [6.45, 7) is 4.30. The molecule has 0 aliphatic heterocycles. The van der Waals surface area contributed by atoms with Gasteiger partial charge in [-0.2, -0.15) is 0 Å². The van der Waals surface area contributed by atoms with Crippen molar-refractivity contribution >= 4 is 23.3 Å². The van der Waals surface area contributed by atoms with E-state index in [0.717, 1.165) is 9.88 Å². The van der Waals surface area contributed by atoms with Crippen molar-refractivity contribution in [3.63, 3.8) is 0 Å². The standard InChI is InChI=1S/C11H17N3O3S/c1-7(10(15)16)3-4-12-11(17)14-6-9-5-13-8(2)18-9/h5,7H,3-4,6H2,1-2H3,(H,15,16)(H2,12,14,17). The Labute approximate surface area is 109 Å². The van der Waals surface area contributed by atoms with Crippen molar-refractivity contribution in [1.82, 2.24) is 15.6 Å². The van der Waals surface area contributed by atoms with Crippen molar-refractivity contribution in [1.29, 1.82) is 0 Å². The number of carboxylic acids is 1. The quantitative estimate of drug-likeness (QED) is 0.728. The second-order valence-electron chi connectivity index (χ2n) is 3.98. The Morgan fingerprint density at radius 3 is 2.78 bits per heavy atom. The lowest BCUT2D eigenvalue weighted by molar-refractivity contribution is -0.141. The minimum absolute atomic E-state index is 0.293. The van der Waals surface area contributed by atoms with Crippen LogP contribution in [0.3, 0.4) is 0 Å². The van der Waals surface area contributed by atoms with E-state index in [1.165, 1.54) is 11.3 Å². The molecule has 0 aromatic carbocycles. The summed E-state index contributed by atoms with van der Waals surface area (Å²) in [5, 5.41) is 14.9. The number of nitrogens with zero attached hydrogens (tertiary/aromatic N) is 1. The van der Waals surface area contributed by atoms with E-state index in [4.69, 9.17) is 5.11 Å². The molecule has 1 atom stereocenters. The number of amides is 2. The molecule has 6 nitrogen and oxygen atoms in total. The summed E-state index contributed by atoms with van der Waals surface area (Å²) in [7, 11) is 0. The minimum Gasteiger partial charge on any atom is -0.481 e. The zero-order valence-corrected chi connectivity index (χ0v) is 11.2. The first-order valence-electron chi connectivity index (χ1n) is 5.65. The second kappa shape index (κ2) is 6.95. The fraction of sp³-hybridized carbons (Fsp3) is 0.545. The molecular weight excluding hydrogens is 254 g/mol. The van der Waals surface area contributed by atoms with Gasteiger partial charge in [-0.25, -0.2) is 9.78 Å². The van der Waals surface area contributed by atoms with Crippen LogP contribution in [0.25, 0.3) is 0 Å². The summed E-state index contributed by atoms with van der Waals surface area (Å²) < 4.78 is 0. The van der Waals surface area contributed by atoms with E-state index in [2.05, 4.69) is 15.6 Å². The molecular formula is C11H17N3O3S. The number of aliphatic carboxylic acids is 1. The molecule has 18 heavy (non-hydrogen) atoms. The number of nitrogens with one attached hydrogen (secondary N) is 2. The van der Waals surface area contributed by atoms with E-state index in [0.29, 0.717) is 19.5 Å². The number of carbonyl (C=O) groups excluding carboxylic acids is 1. The predicted molar refractivity (Wildman–Crippen MR) is 68.5 cm³/mol. The molecule has 1 aromatic rings. The normalized spacial score (nSPS) is 11.9. The molecule has 2 amide bonds. The zero-order chi connectivity index (χ0) is 13.5. The van der Waals surface area contributed by atoms with Crippen LogP contribution < -0.4 is 10.6 Å². The molecule has 1 heterocycles. The highest BCUT2D eigenvalue weighted by Crippen LogP contribution is 2.10. The van der Waals surface area contributed by atoms with E-state index in [1.807, 2.05) is 6.92 Å². The molecule has 100 valence electrons. The van der Waals surface area contributed by atoms with Gasteiger partial charge in [-0.15, -0.1) is 11.3 Å². The Bertz CT molecular complexity index is 419. The van der Waals surface area contributed by atoms with Crippen LogP contribution in [0.5, 0.6) is 0 Å². The van der Waals surface area contributed by atoms with Gasteiger partial charge < -0.3 is 15.7 Å². The number of thiazole rings is 1. The van der Waals surface area contributed by atoms with Crippen LogP contribution in [0, 0.1) is 12.8 Å². The third kappa shape index (κ3) is 5.13. The molecule has 1 rings (SSSR count). The first-order valence-corrected chi connectivity index (χ1v) is 6.46. The highest BCUT2D eigenvalue weighted by Gasteiger charge is 2.10. The molecule has 0 saturated carbocycles. The molecule has 0 fully saturated rings. The maximum Gasteiger partial charge on any atom is 0.315 e. The number of aryl methyl sites for hydroxylation is 1. The highest BCUT2D eigenvalue weighted by atomic mass is 32.1. The van der Waals surface area contributed by atoms with E-state index in [9.17, 15) is 9.59 Å². The van der Waals surface area contributed by atoms with Crippen LogP contribution in [0.15, 0.2) is 6.20 Å². The average Bonchev–Trinajstić information content (AvgIpc) is 2.72. The average molecular weight is 271 g/mol. The summed E-state index contributed by atoms with van der Waals surface area (Å²) in [5.41, 5.74) is 0. The zero-order valence-electron chi connectivity index (χ0n) is 10.4. The predicted octanol–water partition coefficient (Wildman–Crippen LogP) is 1.36. The summed E-state index contributed by atoms with van der Waals surface area (Å²) in [6, 6.07) is -0.293. The number of hydrogen-bond acceptors (Lipinski definition) is 4. The van der Waals surface area contributed by atoms with Gasteiger partial charge in [0.05, 0.1) is 17.5 Å². The molecule has 0 bridgehead atoms. The van der Waals surface area contributed by atoms with Crippen LogP contribution in [0.1, 0.15) is 23.2 Å². The highest BCUT2D eigenvalue weighted by molar-refractivity contribution is 7.11. The third-order valence-corrected chi connectivity index (χ3v) is 3.29. The minimum atomic E-state index is -0.850. The van der Waals surface area contributed by atoms with Crippen molar-refractivity contribution in [2.75, 3.05) is 6.54 Å². The molecule has 0 aliphatic carbocycles. The van der Waals surface area contributed by atoms with Crippen molar-refractivity contribution in [3.05, 3.63) is 16.1 Å². The van der Waals surface area contributed by atoms with E-state index >= 15 is 0 Å². The van der Waals surface area contributed by atoms with Crippen molar-refractivity contribution in [2.24, 2.45) is 5.92 Å². The molecule has 7 heteroatoms. The lowest BCUT2D eigenvalue weighted by atomic mass is 10.1. The number of aromatic nitrogens is 1. The smallest absolute Gasteiger partial charge is 0.315 e. The molecule has 1 aromatic heterocycles. The van der Waals surface area contributed by atoms with E-state index in [1.54, 1.807) is 13.1 Å². The SMILES string of the molecule is Cc1ncc(CNC(=O)NCCC(C)C(=O)O)s1. The lowest BCUT2D eigenvalue weighted by Gasteiger charge is -2.08. The van der Waals surface area contributed by atoms with Gasteiger partial charge in [0, 0.05) is 17.6 Å². The summed E-state index contributed by atoms with van der Waals surface area (Å²) in [4.78, 5) is 27.0. The van der Waals surface area contributed by atoms with Gasteiger partial charge in [-0.1, -0.05) is 6.92 Å². The Balaban J connectivity index is 2.16. The van der Waals surface area contributed by atoms with Gasteiger partial charge in [0.25, 0.3) is 0 Å². The Morgan fingerprint density at radius 1 is 1.50 bits per heavy atom. The summed E-state index contributed by atoms with van der Waals surface area (Å²) in [5.74, 6) is -1.30. The number of carboxylic acid groups (broad SMARTS) is 1. The molecule has 0 radical (unpaired) electrons. The van der Waals surface area contributed by atoms with Crippen molar-refractivity contribution in [2.45, 2.75) is 26.8 Å². The maximum absolute atomic E-state index is 11.4. The monoisotopic (exact) mass is 271 g/mol. The second-order valence-corrected chi connectivity index (χ2v) is 5.30. The van der Waals surface area contributed by atoms with Crippen LogP contribution in [0.4, 0.5) is 4.79 Å². The summed E-state index contributed by atoms with van der Waals surface area (Å²) >= 11 is 1.53. The van der Waals surface area contributed by atoms with Crippen LogP contribution in [-0.2, 0) is 11.3 Å². The molecule has 1 unspecified atom stereocenters.